The summed E-state index contributed by atoms with van der Waals surface area (Å²) in [5.41, 5.74) is 0.172. The molecule has 0 saturated heterocycles. The number of hydrogen-bond donors (Lipinski definition) is 0. The number of ether oxygens (including phenoxy) is 2. The molecule has 0 heterocycles. The zero-order valence-electron chi connectivity index (χ0n) is 18.0. The van der Waals surface area contributed by atoms with Gasteiger partial charge in [0.25, 0.3) is 0 Å². The minimum absolute atomic E-state index is 0.000411. The molecule has 0 aliphatic heterocycles. The van der Waals surface area contributed by atoms with Gasteiger partial charge in [0.15, 0.2) is 11.5 Å². The number of hydrogen-bond acceptors (Lipinski definition) is 6. The molecule has 1 spiro atoms. The average Bonchev–Trinajstić information content (AvgIpc) is 2.97. The molecule has 0 aromatic carbocycles. The summed E-state index contributed by atoms with van der Waals surface area (Å²) in [5.74, 6) is 0.676. The van der Waals surface area contributed by atoms with Crippen molar-refractivity contribution >= 4 is 39.9 Å². The first-order chi connectivity index (χ1) is 13.7. The van der Waals surface area contributed by atoms with E-state index in [-0.39, 0.29) is 47.1 Å². The number of thiocarbonyl (C=S) groups is 1. The van der Waals surface area contributed by atoms with Crippen LogP contribution in [0.4, 0.5) is 0 Å². The highest BCUT2D eigenvalue weighted by Crippen LogP contribution is 2.74. The largest absolute Gasteiger partial charge is 0.493 e. The van der Waals surface area contributed by atoms with E-state index in [0.717, 1.165) is 12.8 Å². The number of allylic oxidation sites excluding steroid dienone is 4. The van der Waals surface area contributed by atoms with Crippen LogP contribution in [0, 0.1) is 34.5 Å². The van der Waals surface area contributed by atoms with Gasteiger partial charge in [-0.1, -0.05) is 37.3 Å². The fraction of sp³-hybridized carbons (Fsp3) is 0.696. The van der Waals surface area contributed by atoms with Gasteiger partial charge in [0.05, 0.1) is 17.9 Å². The fourth-order valence-corrected chi connectivity index (χ4v) is 7.87. The third kappa shape index (κ3) is 2.42. The summed E-state index contributed by atoms with van der Waals surface area (Å²) in [4.78, 5) is 28.2. The molecule has 4 aliphatic rings. The predicted molar refractivity (Wildman–Crippen MR) is 118 cm³/mol. The lowest BCUT2D eigenvalue weighted by Crippen LogP contribution is -2.69. The van der Waals surface area contributed by atoms with E-state index in [9.17, 15) is 9.59 Å². The first-order valence-corrected chi connectivity index (χ1v) is 12.1. The molecule has 0 bridgehead atoms. The van der Waals surface area contributed by atoms with E-state index in [1.54, 1.807) is 6.92 Å². The number of carbonyl (C=O) groups excluding carboxylic acids is 2. The average molecular weight is 435 g/mol. The second-order valence-electron chi connectivity index (χ2n) is 9.44. The van der Waals surface area contributed by atoms with Crippen LogP contribution in [0.2, 0.25) is 0 Å². The Bertz CT molecular complexity index is 859. The first kappa shape index (κ1) is 21.1. The smallest absolute Gasteiger partial charge is 0.219 e. The lowest BCUT2D eigenvalue weighted by atomic mass is 9.37. The van der Waals surface area contributed by atoms with Gasteiger partial charge in [-0.3, -0.25) is 9.59 Å². The molecule has 4 rings (SSSR count). The van der Waals surface area contributed by atoms with Gasteiger partial charge in [-0.05, 0) is 69.3 Å². The number of thioether (sulfide) groups is 1. The maximum absolute atomic E-state index is 14.2. The molecular formula is C23H30O4S2. The summed E-state index contributed by atoms with van der Waals surface area (Å²) < 4.78 is 12.3. The van der Waals surface area contributed by atoms with Gasteiger partial charge in [0.2, 0.25) is 10.2 Å². The number of methoxy groups -OCH3 is 1. The molecule has 0 aromatic heterocycles. The van der Waals surface area contributed by atoms with E-state index in [4.69, 9.17) is 21.7 Å². The molecule has 2 fully saturated rings. The Kier molecular flexibility index (Phi) is 5.05. The Labute approximate surface area is 182 Å². The van der Waals surface area contributed by atoms with Crippen molar-refractivity contribution in [1.82, 2.24) is 0 Å². The van der Waals surface area contributed by atoms with Crippen molar-refractivity contribution < 1.29 is 19.1 Å². The molecular weight excluding hydrogens is 404 g/mol. The summed E-state index contributed by atoms with van der Waals surface area (Å²) in [5, 5.41) is 0. The maximum atomic E-state index is 14.2. The monoisotopic (exact) mass is 434 g/mol. The van der Waals surface area contributed by atoms with Crippen LogP contribution in [0.1, 0.15) is 47.0 Å². The highest BCUT2D eigenvalue weighted by atomic mass is 32.2. The number of Topliss-reactive ketones (excluding diaryl/α,β-unsaturated/α-hetero) is 2. The van der Waals surface area contributed by atoms with Gasteiger partial charge < -0.3 is 9.47 Å². The summed E-state index contributed by atoms with van der Waals surface area (Å²) >= 11 is 6.82. The van der Waals surface area contributed by atoms with Crippen LogP contribution in [0.3, 0.4) is 0 Å². The maximum Gasteiger partial charge on any atom is 0.219 e. The van der Waals surface area contributed by atoms with E-state index in [1.807, 2.05) is 6.26 Å². The van der Waals surface area contributed by atoms with E-state index in [0.29, 0.717) is 16.4 Å². The lowest BCUT2D eigenvalue weighted by Gasteiger charge is -2.63. The summed E-state index contributed by atoms with van der Waals surface area (Å²) in [6, 6.07) is 0. The third-order valence-electron chi connectivity index (χ3n) is 8.25. The Balaban J connectivity index is 2.01. The minimum Gasteiger partial charge on any atom is -0.493 e. The normalized spacial score (nSPS) is 43.5. The van der Waals surface area contributed by atoms with Crippen molar-refractivity contribution in [2.45, 2.75) is 53.1 Å². The second-order valence-corrected chi connectivity index (χ2v) is 10.8. The quantitative estimate of drug-likeness (QED) is 0.463. The molecule has 158 valence electrons. The van der Waals surface area contributed by atoms with Gasteiger partial charge >= 0.3 is 0 Å². The van der Waals surface area contributed by atoms with Gasteiger partial charge in [-0.2, -0.15) is 0 Å². The minimum atomic E-state index is -0.758. The Morgan fingerprint density at radius 3 is 2.52 bits per heavy atom. The van der Waals surface area contributed by atoms with Gasteiger partial charge in [-0.15, -0.1) is 0 Å². The molecule has 4 aliphatic carbocycles. The molecule has 0 unspecified atom stereocenters. The second kappa shape index (κ2) is 6.94. The van der Waals surface area contributed by atoms with Crippen LogP contribution in [0.5, 0.6) is 0 Å². The van der Waals surface area contributed by atoms with E-state index in [2.05, 4.69) is 26.8 Å². The molecule has 7 atom stereocenters. The molecule has 2 saturated carbocycles. The van der Waals surface area contributed by atoms with Gasteiger partial charge in [0.1, 0.15) is 6.10 Å². The van der Waals surface area contributed by atoms with Crippen LogP contribution in [0.25, 0.3) is 0 Å². The summed E-state index contributed by atoms with van der Waals surface area (Å²) in [6.07, 6.45) is 6.30. The standard InChI is InChI=1S/C23H30O4S2/c1-11-7-15-8-12(2)17-16(27-21(28)29-6)9-13(3)22(10-11)20(25)18(26-5)14(4)19(24)23(15,17)22/h7,12-13,15-17H,8-10H2,1-6H3/t12-,13+,15+,16-,17-,22+,23-/m0/s1. The number of ketones is 2. The van der Waals surface area contributed by atoms with E-state index in [1.165, 1.54) is 24.4 Å². The van der Waals surface area contributed by atoms with Crippen molar-refractivity contribution in [2.24, 2.45) is 34.5 Å². The summed E-state index contributed by atoms with van der Waals surface area (Å²) in [7, 11) is 1.51. The number of rotatable bonds is 2. The molecule has 0 amide bonds. The highest BCUT2D eigenvalue weighted by Gasteiger charge is 2.78. The molecule has 0 radical (unpaired) electrons. The lowest BCUT2D eigenvalue weighted by molar-refractivity contribution is -0.186. The third-order valence-corrected chi connectivity index (χ3v) is 9.27. The van der Waals surface area contributed by atoms with Crippen molar-refractivity contribution in [3.63, 3.8) is 0 Å². The SMILES string of the molecule is COC1=C(C)C(=O)[C@]23[C@@H]4[C@@H](OC(=S)SC)C[C@@H](C)[C@]2(CC(C)=C[C@@H]3C[C@@H]4C)C1=O. The Morgan fingerprint density at radius 1 is 1.21 bits per heavy atom. The highest BCUT2D eigenvalue weighted by molar-refractivity contribution is 8.22. The Hall–Kier alpha value is -1.14. The van der Waals surface area contributed by atoms with Crippen molar-refractivity contribution in [1.29, 1.82) is 0 Å². The fourth-order valence-electron chi connectivity index (χ4n) is 7.52. The zero-order valence-corrected chi connectivity index (χ0v) is 19.7. The molecule has 29 heavy (non-hydrogen) atoms. The van der Waals surface area contributed by atoms with Gasteiger partial charge in [0, 0.05) is 11.5 Å². The number of carbonyl (C=O) groups is 2. The molecule has 0 N–H and O–H groups in total. The summed E-state index contributed by atoms with van der Waals surface area (Å²) in [6.45, 7) is 8.19. The van der Waals surface area contributed by atoms with Gasteiger partial charge in [-0.25, -0.2) is 0 Å². The topological polar surface area (TPSA) is 52.6 Å². The Morgan fingerprint density at radius 2 is 1.90 bits per heavy atom. The van der Waals surface area contributed by atoms with Crippen LogP contribution in [-0.2, 0) is 19.1 Å². The van der Waals surface area contributed by atoms with E-state index >= 15 is 0 Å². The van der Waals surface area contributed by atoms with Crippen LogP contribution >= 0.6 is 24.0 Å². The van der Waals surface area contributed by atoms with E-state index < -0.39 is 10.8 Å². The van der Waals surface area contributed by atoms with Crippen LogP contribution in [-0.4, -0.2) is 35.4 Å². The molecule has 4 nitrogen and oxygen atoms in total. The van der Waals surface area contributed by atoms with Crippen LogP contribution < -0.4 is 0 Å². The van der Waals surface area contributed by atoms with Crippen molar-refractivity contribution in [3.8, 4) is 0 Å². The molecule has 6 heteroatoms. The van der Waals surface area contributed by atoms with Crippen molar-refractivity contribution in [3.05, 3.63) is 23.0 Å². The zero-order chi connectivity index (χ0) is 21.3. The van der Waals surface area contributed by atoms with Crippen molar-refractivity contribution in [2.75, 3.05) is 13.4 Å². The molecule has 0 aromatic rings. The van der Waals surface area contributed by atoms with Crippen LogP contribution in [0.15, 0.2) is 23.0 Å². The first-order valence-electron chi connectivity index (χ1n) is 10.4. The predicted octanol–water partition coefficient (Wildman–Crippen LogP) is 4.73.